The Morgan fingerprint density at radius 3 is 2.88 bits per heavy atom. The van der Waals surface area contributed by atoms with Gasteiger partial charge in [0.05, 0.1) is 10.9 Å². The van der Waals surface area contributed by atoms with Gasteiger partial charge in [0.1, 0.15) is 0 Å². The molecule has 0 radical (unpaired) electrons. The van der Waals surface area contributed by atoms with Crippen LogP contribution in [0.15, 0.2) is 17.5 Å². The van der Waals surface area contributed by atoms with Gasteiger partial charge < -0.3 is 5.32 Å². The third kappa shape index (κ3) is 2.51. The summed E-state index contributed by atoms with van der Waals surface area (Å²) in [6.07, 6.45) is 0.900. The van der Waals surface area contributed by atoms with Gasteiger partial charge in [0.2, 0.25) is 0 Å². The Labute approximate surface area is 100 Å². The molecule has 2 rings (SSSR count). The fourth-order valence-electron chi connectivity index (χ4n) is 2.19. The quantitative estimate of drug-likeness (QED) is 0.809. The van der Waals surface area contributed by atoms with Crippen molar-refractivity contribution in [3.63, 3.8) is 0 Å². The maximum Gasteiger partial charge on any atom is 0.189 e. The molecule has 88 valence electrons. The zero-order valence-corrected chi connectivity index (χ0v) is 10.4. The van der Waals surface area contributed by atoms with Crippen LogP contribution in [0, 0.1) is 0 Å². The van der Waals surface area contributed by atoms with Crippen LogP contribution < -0.4 is 5.32 Å². The molecule has 0 spiro atoms. The topological polar surface area (TPSA) is 32.3 Å². The maximum absolute atomic E-state index is 12.3. The third-order valence-corrected chi connectivity index (χ3v) is 3.93. The van der Waals surface area contributed by atoms with Crippen molar-refractivity contribution < 1.29 is 4.79 Å². The molecule has 1 aliphatic rings. The van der Waals surface area contributed by atoms with E-state index in [4.69, 9.17) is 0 Å². The fourth-order valence-corrected chi connectivity index (χ4v) is 2.90. The predicted octanol–water partition coefficient (Wildman–Crippen LogP) is 1.61. The number of carbonyl (C=O) groups excluding carboxylic acids is 1. The van der Waals surface area contributed by atoms with E-state index >= 15 is 0 Å². The zero-order valence-electron chi connectivity index (χ0n) is 9.61. The molecular formula is C12H18N2OS. The van der Waals surface area contributed by atoms with Crippen molar-refractivity contribution in [2.24, 2.45) is 0 Å². The molecule has 1 N–H and O–H groups in total. The lowest BCUT2D eigenvalue weighted by molar-refractivity contribution is 0.0794. The molecular weight excluding hydrogens is 220 g/mol. The van der Waals surface area contributed by atoms with Crippen LogP contribution in [0.5, 0.6) is 0 Å². The smallest absolute Gasteiger partial charge is 0.189 e. The summed E-state index contributed by atoms with van der Waals surface area (Å²) in [4.78, 5) is 15.5. The van der Waals surface area contributed by atoms with E-state index in [0.29, 0.717) is 5.78 Å². The molecule has 0 amide bonds. The number of hydrogen-bond donors (Lipinski definition) is 1. The monoisotopic (exact) mass is 238 g/mol. The first-order valence-corrected chi connectivity index (χ1v) is 6.73. The summed E-state index contributed by atoms with van der Waals surface area (Å²) >= 11 is 1.55. The Kier molecular flexibility index (Phi) is 4.09. The van der Waals surface area contributed by atoms with Gasteiger partial charge in [-0.25, -0.2) is 0 Å². The van der Waals surface area contributed by atoms with Crippen LogP contribution in [0.1, 0.15) is 23.0 Å². The minimum atomic E-state index is 0.0701. The molecule has 16 heavy (non-hydrogen) atoms. The minimum Gasteiger partial charge on any atom is -0.314 e. The molecule has 0 saturated carbocycles. The summed E-state index contributed by atoms with van der Waals surface area (Å²) in [5.41, 5.74) is 0. The van der Waals surface area contributed by atoms with Gasteiger partial charge in [-0.1, -0.05) is 13.0 Å². The highest BCUT2D eigenvalue weighted by Gasteiger charge is 2.26. The van der Waals surface area contributed by atoms with E-state index in [0.717, 1.165) is 37.5 Å². The van der Waals surface area contributed by atoms with Crippen LogP contribution in [-0.4, -0.2) is 42.9 Å². The van der Waals surface area contributed by atoms with E-state index in [1.165, 1.54) is 0 Å². The van der Waals surface area contributed by atoms with Gasteiger partial charge in [0, 0.05) is 26.2 Å². The van der Waals surface area contributed by atoms with Crippen molar-refractivity contribution >= 4 is 17.1 Å². The van der Waals surface area contributed by atoms with Crippen molar-refractivity contribution in [2.45, 2.75) is 19.4 Å². The highest BCUT2D eigenvalue weighted by Crippen LogP contribution is 2.17. The number of ketones is 1. The van der Waals surface area contributed by atoms with E-state index in [9.17, 15) is 4.79 Å². The summed E-state index contributed by atoms with van der Waals surface area (Å²) in [5.74, 6) is 0.291. The normalized spacial score (nSPS) is 19.6. The van der Waals surface area contributed by atoms with Gasteiger partial charge >= 0.3 is 0 Å². The largest absolute Gasteiger partial charge is 0.314 e. The lowest BCUT2D eigenvalue weighted by Gasteiger charge is -2.33. The third-order valence-electron chi connectivity index (χ3n) is 3.05. The summed E-state index contributed by atoms with van der Waals surface area (Å²) in [5, 5.41) is 5.29. The first kappa shape index (κ1) is 11.8. The van der Waals surface area contributed by atoms with Crippen LogP contribution >= 0.6 is 11.3 Å². The lowest BCUT2D eigenvalue weighted by Crippen LogP contribution is -2.50. The van der Waals surface area contributed by atoms with Crippen molar-refractivity contribution in [3.8, 4) is 0 Å². The van der Waals surface area contributed by atoms with Crippen molar-refractivity contribution in [2.75, 3.05) is 26.2 Å². The number of thiophene rings is 1. The maximum atomic E-state index is 12.3. The number of nitrogens with zero attached hydrogens (tertiary/aromatic N) is 1. The Bertz CT molecular complexity index is 331. The van der Waals surface area contributed by atoms with E-state index < -0.39 is 0 Å². The molecule has 4 heteroatoms. The molecule has 1 aromatic rings. The number of piperazine rings is 1. The van der Waals surface area contributed by atoms with E-state index in [-0.39, 0.29) is 6.04 Å². The van der Waals surface area contributed by atoms with Gasteiger partial charge in [-0.05, 0) is 17.9 Å². The van der Waals surface area contributed by atoms with Crippen LogP contribution in [0.2, 0.25) is 0 Å². The number of Topliss-reactive ketones (excluding diaryl/α,β-unsaturated/α-hetero) is 1. The molecule has 1 aromatic heterocycles. The number of carbonyl (C=O) groups is 1. The van der Waals surface area contributed by atoms with Crippen LogP contribution in [-0.2, 0) is 0 Å². The van der Waals surface area contributed by atoms with Crippen molar-refractivity contribution in [1.29, 1.82) is 0 Å². The summed E-state index contributed by atoms with van der Waals surface area (Å²) < 4.78 is 0. The molecule has 0 aliphatic carbocycles. The molecule has 2 heterocycles. The Morgan fingerprint density at radius 2 is 2.31 bits per heavy atom. The molecule has 0 bridgehead atoms. The first-order valence-electron chi connectivity index (χ1n) is 5.85. The second kappa shape index (κ2) is 5.57. The standard InChI is InChI=1S/C12H18N2OS/c1-2-10(14-7-5-13-6-8-14)12(15)11-4-3-9-16-11/h3-4,9-10,13H,2,5-8H2,1H3. The molecule has 1 saturated heterocycles. The van der Waals surface area contributed by atoms with Gasteiger partial charge in [0.15, 0.2) is 5.78 Å². The number of rotatable bonds is 4. The molecule has 0 aromatic carbocycles. The average Bonchev–Trinajstić information content (AvgIpc) is 2.85. The molecule has 1 unspecified atom stereocenters. The van der Waals surface area contributed by atoms with Crippen LogP contribution in [0.3, 0.4) is 0 Å². The molecule has 1 fully saturated rings. The van der Waals surface area contributed by atoms with Gasteiger partial charge in [-0.15, -0.1) is 11.3 Å². The number of hydrogen-bond acceptors (Lipinski definition) is 4. The second-order valence-corrected chi connectivity index (χ2v) is 5.00. The Balaban J connectivity index is 2.06. The van der Waals surface area contributed by atoms with Gasteiger partial charge in [0.25, 0.3) is 0 Å². The fraction of sp³-hybridized carbons (Fsp3) is 0.583. The minimum absolute atomic E-state index is 0.0701. The Morgan fingerprint density at radius 1 is 1.56 bits per heavy atom. The first-order chi connectivity index (χ1) is 7.83. The second-order valence-electron chi connectivity index (χ2n) is 4.05. The van der Waals surface area contributed by atoms with Crippen LogP contribution in [0.4, 0.5) is 0 Å². The SMILES string of the molecule is CCC(C(=O)c1cccs1)N1CCNCC1. The summed E-state index contributed by atoms with van der Waals surface area (Å²) in [6, 6.07) is 3.95. The summed E-state index contributed by atoms with van der Waals surface area (Å²) in [7, 11) is 0. The molecule has 1 aliphatic heterocycles. The highest BCUT2D eigenvalue weighted by atomic mass is 32.1. The predicted molar refractivity (Wildman–Crippen MR) is 67.2 cm³/mol. The van der Waals surface area contributed by atoms with Gasteiger partial charge in [-0.2, -0.15) is 0 Å². The Hall–Kier alpha value is -0.710. The van der Waals surface area contributed by atoms with E-state index in [2.05, 4.69) is 17.1 Å². The lowest BCUT2D eigenvalue weighted by atomic mass is 10.1. The van der Waals surface area contributed by atoms with Crippen molar-refractivity contribution in [3.05, 3.63) is 22.4 Å². The number of nitrogens with one attached hydrogen (secondary N) is 1. The average molecular weight is 238 g/mol. The summed E-state index contributed by atoms with van der Waals surface area (Å²) in [6.45, 7) is 6.05. The van der Waals surface area contributed by atoms with E-state index in [1.54, 1.807) is 11.3 Å². The molecule has 3 nitrogen and oxygen atoms in total. The zero-order chi connectivity index (χ0) is 11.4. The van der Waals surface area contributed by atoms with Crippen molar-refractivity contribution in [1.82, 2.24) is 10.2 Å². The van der Waals surface area contributed by atoms with Crippen LogP contribution in [0.25, 0.3) is 0 Å². The van der Waals surface area contributed by atoms with E-state index in [1.807, 2.05) is 17.5 Å². The highest BCUT2D eigenvalue weighted by molar-refractivity contribution is 7.12. The molecule has 1 atom stereocenters. The van der Waals surface area contributed by atoms with Gasteiger partial charge in [-0.3, -0.25) is 9.69 Å².